The monoisotopic (exact) mass is 311 g/mol. The summed E-state index contributed by atoms with van der Waals surface area (Å²) in [6, 6.07) is 12.6. The van der Waals surface area contributed by atoms with E-state index in [2.05, 4.69) is 10.5 Å². The summed E-state index contributed by atoms with van der Waals surface area (Å²) in [5.74, 6) is -1.02. The van der Waals surface area contributed by atoms with Gasteiger partial charge in [-0.1, -0.05) is 18.2 Å². The van der Waals surface area contributed by atoms with E-state index < -0.39 is 10.9 Å². The lowest BCUT2D eigenvalue weighted by Crippen LogP contribution is -1.97. The van der Waals surface area contributed by atoms with Crippen molar-refractivity contribution >= 4 is 29.6 Å². The van der Waals surface area contributed by atoms with Crippen LogP contribution in [-0.4, -0.2) is 22.2 Å². The first-order valence-electron chi connectivity index (χ1n) is 6.60. The van der Waals surface area contributed by atoms with Crippen LogP contribution in [0, 0.1) is 10.1 Å². The zero-order valence-corrected chi connectivity index (χ0v) is 11.9. The number of benzene rings is 2. The van der Waals surface area contributed by atoms with Gasteiger partial charge in [-0.25, -0.2) is 4.79 Å². The fourth-order valence-electron chi connectivity index (χ4n) is 1.82. The number of nitro groups is 1. The van der Waals surface area contributed by atoms with Gasteiger partial charge in [0.05, 0.1) is 21.7 Å². The van der Waals surface area contributed by atoms with Crippen LogP contribution in [0.3, 0.4) is 0 Å². The number of para-hydroxylation sites is 1. The molecule has 2 aromatic carbocycles. The van der Waals surface area contributed by atoms with Gasteiger partial charge in [0, 0.05) is 12.3 Å². The molecule has 0 bridgehead atoms. The summed E-state index contributed by atoms with van der Waals surface area (Å²) >= 11 is 0. The molecule has 0 unspecified atom stereocenters. The number of nitrogens with one attached hydrogen (secondary N) is 1. The Balaban J connectivity index is 2.01. The number of hydrogen-bond acceptors (Lipinski definition) is 5. The van der Waals surface area contributed by atoms with Gasteiger partial charge in [0.1, 0.15) is 0 Å². The Labute approximate surface area is 131 Å². The second-order valence-electron chi connectivity index (χ2n) is 4.45. The van der Waals surface area contributed by atoms with E-state index >= 15 is 0 Å². The highest BCUT2D eigenvalue weighted by atomic mass is 16.6. The van der Waals surface area contributed by atoms with E-state index in [0.29, 0.717) is 11.3 Å². The number of rotatable bonds is 6. The Kier molecular flexibility index (Phi) is 5.19. The Morgan fingerprint density at radius 3 is 2.74 bits per heavy atom. The summed E-state index contributed by atoms with van der Waals surface area (Å²) in [5.41, 5.74) is 3.85. The van der Waals surface area contributed by atoms with Crippen LogP contribution in [0.2, 0.25) is 0 Å². The number of aromatic carboxylic acids is 1. The number of hydrazone groups is 1. The highest BCUT2D eigenvalue weighted by Crippen LogP contribution is 2.18. The molecule has 0 aliphatic carbocycles. The van der Waals surface area contributed by atoms with E-state index in [4.69, 9.17) is 5.11 Å². The van der Waals surface area contributed by atoms with Gasteiger partial charge in [0.2, 0.25) is 0 Å². The molecular weight excluding hydrogens is 298 g/mol. The van der Waals surface area contributed by atoms with Crippen LogP contribution in [0.4, 0.5) is 11.4 Å². The molecule has 0 aliphatic heterocycles. The average molecular weight is 311 g/mol. The summed E-state index contributed by atoms with van der Waals surface area (Å²) < 4.78 is 0. The molecule has 7 nitrogen and oxygen atoms in total. The van der Waals surface area contributed by atoms with Crippen molar-refractivity contribution in [1.82, 2.24) is 0 Å². The van der Waals surface area contributed by atoms with Gasteiger partial charge < -0.3 is 5.11 Å². The zero-order valence-electron chi connectivity index (χ0n) is 11.9. The molecule has 2 aromatic rings. The number of nitro benzene ring substituents is 1. The molecule has 0 fully saturated rings. The van der Waals surface area contributed by atoms with Crippen molar-refractivity contribution in [1.29, 1.82) is 0 Å². The predicted molar refractivity (Wildman–Crippen MR) is 87.6 cm³/mol. The van der Waals surface area contributed by atoms with Gasteiger partial charge in [-0.3, -0.25) is 15.5 Å². The van der Waals surface area contributed by atoms with Crippen LogP contribution < -0.4 is 5.43 Å². The minimum absolute atomic E-state index is 0.0132. The topological polar surface area (TPSA) is 105 Å². The van der Waals surface area contributed by atoms with Gasteiger partial charge in [-0.15, -0.1) is 0 Å². The Morgan fingerprint density at radius 2 is 2.00 bits per heavy atom. The lowest BCUT2D eigenvalue weighted by atomic mass is 10.2. The molecule has 0 heterocycles. The minimum Gasteiger partial charge on any atom is -0.478 e. The van der Waals surface area contributed by atoms with Crippen molar-refractivity contribution < 1.29 is 14.8 Å². The molecule has 0 saturated carbocycles. The first kappa shape index (κ1) is 15.9. The SMILES string of the molecule is O=C(O)c1cccc(N/N=C/C=Cc2ccccc2[N+](=O)[O-])c1. The highest BCUT2D eigenvalue weighted by Gasteiger charge is 2.08. The quantitative estimate of drug-likeness (QED) is 0.483. The normalized spacial score (nSPS) is 11.0. The van der Waals surface area contributed by atoms with Gasteiger partial charge >= 0.3 is 5.97 Å². The maximum absolute atomic E-state index is 10.9. The van der Waals surface area contributed by atoms with Gasteiger partial charge in [-0.2, -0.15) is 5.10 Å². The Morgan fingerprint density at radius 1 is 1.22 bits per heavy atom. The average Bonchev–Trinajstić information content (AvgIpc) is 2.55. The third kappa shape index (κ3) is 4.50. The molecule has 0 aromatic heterocycles. The predicted octanol–water partition coefficient (Wildman–Crippen LogP) is 3.40. The lowest BCUT2D eigenvalue weighted by Gasteiger charge is -2.00. The van der Waals surface area contributed by atoms with E-state index in [9.17, 15) is 14.9 Å². The third-order valence-electron chi connectivity index (χ3n) is 2.87. The van der Waals surface area contributed by atoms with Crippen LogP contribution in [0.5, 0.6) is 0 Å². The van der Waals surface area contributed by atoms with Crippen molar-refractivity contribution in [3.63, 3.8) is 0 Å². The molecule has 23 heavy (non-hydrogen) atoms. The molecule has 2 rings (SSSR count). The smallest absolute Gasteiger partial charge is 0.335 e. The number of carbonyl (C=O) groups is 1. The Bertz CT molecular complexity index is 784. The van der Waals surface area contributed by atoms with Gasteiger partial charge in [0.15, 0.2) is 0 Å². The summed E-state index contributed by atoms with van der Waals surface area (Å²) in [5, 5.41) is 23.7. The molecule has 0 aliphatic rings. The molecule has 116 valence electrons. The second kappa shape index (κ2) is 7.51. The summed E-state index contributed by atoms with van der Waals surface area (Å²) in [6.45, 7) is 0. The van der Waals surface area contributed by atoms with Crippen LogP contribution in [-0.2, 0) is 0 Å². The summed E-state index contributed by atoms with van der Waals surface area (Å²) in [6.07, 6.45) is 4.54. The van der Waals surface area contributed by atoms with Crippen molar-refractivity contribution in [3.8, 4) is 0 Å². The number of nitrogens with zero attached hydrogens (tertiary/aromatic N) is 2. The maximum Gasteiger partial charge on any atom is 0.335 e. The number of anilines is 1. The van der Waals surface area contributed by atoms with Crippen LogP contribution in [0.25, 0.3) is 6.08 Å². The summed E-state index contributed by atoms with van der Waals surface area (Å²) in [7, 11) is 0. The van der Waals surface area contributed by atoms with Gasteiger partial charge in [0.25, 0.3) is 5.69 Å². The molecule has 0 atom stereocenters. The molecule has 7 heteroatoms. The van der Waals surface area contributed by atoms with E-state index in [1.54, 1.807) is 42.5 Å². The van der Waals surface area contributed by atoms with Crippen LogP contribution in [0.1, 0.15) is 15.9 Å². The fourth-order valence-corrected chi connectivity index (χ4v) is 1.82. The van der Waals surface area contributed by atoms with Crippen molar-refractivity contribution in [2.75, 3.05) is 5.43 Å². The van der Waals surface area contributed by atoms with E-state index in [-0.39, 0.29) is 11.3 Å². The number of carboxylic acids is 1. The number of carboxylic acid groups (broad SMARTS) is 1. The van der Waals surface area contributed by atoms with Crippen LogP contribution in [0.15, 0.2) is 59.7 Å². The lowest BCUT2D eigenvalue weighted by molar-refractivity contribution is -0.385. The number of allylic oxidation sites excluding steroid dienone is 1. The summed E-state index contributed by atoms with van der Waals surface area (Å²) in [4.78, 5) is 21.2. The van der Waals surface area contributed by atoms with E-state index in [1.807, 2.05) is 0 Å². The molecule has 0 radical (unpaired) electrons. The molecular formula is C16H13N3O4. The highest BCUT2D eigenvalue weighted by molar-refractivity contribution is 5.88. The molecule has 2 N–H and O–H groups in total. The maximum atomic E-state index is 10.9. The van der Waals surface area contributed by atoms with E-state index in [0.717, 1.165) is 0 Å². The van der Waals surface area contributed by atoms with E-state index in [1.165, 1.54) is 24.4 Å². The van der Waals surface area contributed by atoms with Gasteiger partial charge in [-0.05, 0) is 36.4 Å². The van der Waals surface area contributed by atoms with Crippen molar-refractivity contribution in [2.45, 2.75) is 0 Å². The largest absolute Gasteiger partial charge is 0.478 e. The van der Waals surface area contributed by atoms with Crippen LogP contribution >= 0.6 is 0 Å². The van der Waals surface area contributed by atoms with Crippen molar-refractivity contribution in [3.05, 3.63) is 75.8 Å². The minimum atomic E-state index is -1.02. The standard InChI is InChI=1S/C16H13N3O4/c20-16(21)13-6-3-8-14(11-13)18-17-10-4-7-12-5-1-2-9-15(12)19(22)23/h1-11,18H,(H,20,21)/b7-4?,17-10+. The molecule has 0 spiro atoms. The third-order valence-corrected chi connectivity index (χ3v) is 2.87. The zero-order chi connectivity index (χ0) is 16.7. The fraction of sp³-hybridized carbons (Fsp3) is 0. The number of hydrogen-bond donors (Lipinski definition) is 2. The second-order valence-corrected chi connectivity index (χ2v) is 4.45. The first-order chi connectivity index (χ1) is 11.1. The first-order valence-corrected chi connectivity index (χ1v) is 6.60. The molecule has 0 amide bonds. The van der Waals surface area contributed by atoms with Crippen molar-refractivity contribution in [2.24, 2.45) is 5.10 Å². The Hall–Kier alpha value is -3.48. The molecule has 0 saturated heterocycles.